The lowest BCUT2D eigenvalue weighted by atomic mass is 10.2. The van der Waals surface area contributed by atoms with Crippen molar-refractivity contribution in [1.29, 1.82) is 0 Å². The Kier molecular flexibility index (Phi) is 5.36. The number of carbonyl (C=O) groups excluding carboxylic acids is 2. The smallest absolute Gasteiger partial charge is 0.224 e. The Bertz CT molecular complexity index is 473. The maximum absolute atomic E-state index is 12.2. The monoisotopic (exact) mass is 293 g/mol. The van der Waals surface area contributed by atoms with Crippen molar-refractivity contribution in [3.63, 3.8) is 0 Å². The van der Waals surface area contributed by atoms with Gasteiger partial charge in [0, 0.05) is 39.0 Å². The van der Waals surface area contributed by atoms with E-state index < -0.39 is 0 Å². The molecule has 2 heterocycles. The highest BCUT2D eigenvalue weighted by Gasteiger charge is 2.22. The molecular weight excluding hydrogens is 270 g/mol. The van der Waals surface area contributed by atoms with Crippen molar-refractivity contribution in [1.82, 2.24) is 15.0 Å². The fourth-order valence-electron chi connectivity index (χ4n) is 2.53. The van der Waals surface area contributed by atoms with Gasteiger partial charge >= 0.3 is 0 Å². The molecule has 0 spiro atoms. The Balaban J connectivity index is 1.84. The van der Waals surface area contributed by atoms with Gasteiger partial charge in [0.2, 0.25) is 11.8 Å². The summed E-state index contributed by atoms with van der Waals surface area (Å²) in [6.07, 6.45) is 5.56. The van der Waals surface area contributed by atoms with E-state index in [9.17, 15) is 9.59 Å². The second-order valence-corrected chi connectivity index (χ2v) is 5.55. The van der Waals surface area contributed by atoms with Crippen LogP contribution in [0.5, 0.6) is 0 Å². The predicted molar refractivity (Wildman–Crippen MR) is 77.4 cm³/mol. The van der Waals surface area contributed by atoms with Crippen LogP contribution in [-0.2, 0) is 9.59 Å². The van der Waals surface area contributed by atoms with Crippen LogP contribution in [0, 0.1) is 0 Å². The molecule has 116 valence electrons. The largest absolute Gasteiger partial charge is 0.364 e. The van der Waals surface area contributed by atoms with Gasteiger partial charge in [-0.1, -0.05) is 11.6 Å². The second kappa shape index (κ2) is 7.24. The van der Waals surface area contributed by atoms with Crippen LogP contribution in [0.1, 0.15) is 50.8 Å². The lowest BCUT2D eigenvalue weighted by molar-refractivity contribution is -0.134. The lowest BCUT2D eigenvalue weighted by Gasteiger charge is -2.25. The minimum atomic E-state index is -0.129. The van der Waals surface area contributed by atoms with Gasteiger partial charge in [-0.05, 0) is 19.8 Å². The summed E-state index contributed by atoms with van der Waals surface area (Å²) in [5.41, 5.74) is 0.733. The van der Waals surface area contributed by atoms with Crippen LogP contribution in [-0.4, -0.2) is 46.9 Å². The summed E-state index contributed by atoms with van der Waals surface area (Å²) >= 11 is 0. The number of likely N-dealkylation sites (tertiary alicyclic amines) is 1. The zero-order chi connectivity index (χ0) is 15.2. The van der Waals surface area contributed by atoms with Crippen molar-refractivity contribution >= 4 is 11.8 Å². The Morgan fingerprint density at radius 1 is 1.48 bits per heavy atom. The zero-order valence-electron chi connectivity index (χ0n) is 12.7. The Hall–Kier alpha value is -1.85. The van der Waals surface area contributed by atoms with Crippen molar-refractivity contribution in [3.8, 4) is 0 Å². The molecule has 0 aromatic carbocycles. The highest BCUT2D eigenvalue weighted by Crippen LogP contribution is 2.18. The molecule has 2 rings (SSSR count). The van der Waals surface area contributed by atoms with Gasteiger partial charge in [0.1, 0.15) is 12.0 Å². The Labute approximate surface area is 125 Å². The lowest BCUT2D eigenvalue weighted by Crippen LogP contribution is -2.36. The average Bonchev–Trinajstić information content (AvgIpc) is 2.94. The van der Waals surface area contributed by atoms with Gasteiger partial charge in [-0.15, -0.1) is 0 Å². The molecule has 1 aromatic heterocycles. The van der Waals surface area contributed by atoms with E-state index >= 15 is 0 Å². The Morgan fingerprint density at radius 3 is 3.00 bits per heavy atom. The van der Waals surface area contributed by atoms with Gasteiger partial charge in [-0.2, -0.15) is 0 Å². The predicted octanol–water partition coefficient (Wildman–Crippen LogP) is 1.99. The molecule has 21 heavy (non-hydrogen) atoms. The SMILES string of the molecule is C[C@H](c1ccon1)N(C)C(=O)CCN1CCCCCC1=O. The second-order valence-electron chi connectivity index (χ2n) is 5.55. The van der Waals surface area contributed by atoms with Gasteiger partial charge in [0.15, 0.2) is 0 Å². The number of rotatable bonds is 5. The average molecular weight is 293 g/mol. The normalized spacial score (nSPS) is 17.4. The number of nitrogens with zero attached hydrogens (tertiary/aromatic N) is 3. The molecule has 0 unspecified atom stereocenters. The molecule has 1 aromatic rings. The van der Waals surface area contributed by atoms with Gasteiger partial charge < -0.3 is 14.3 Å². The third-order valence-electron chi connectivity index (χ3n) is 4.13. The minimum absolute atomic E-state index is 0.0162. The van der Waals surface area contributed by atoms with Gasteiger partial charge in [-0.25, -0.2) is 0 Å². The van der Waals surface area contributed by atoms with E-state index in [4.69, 9.17) is 4.52 Å². The molecule has 0 aliphatic carbocycles. The highest BCUT2D eigenvalue weighted by molar-refractivity contribution is 5.79. The number of aromatic nitrogens is 1. The molecule has 1 atom stereocenters. The van der Waals surface area contributed by atoms with Crippen LogP contribution >= 0.6 is 0 Å². The first-order chi connectivity index (χ1) is 10.1. The maximum Gasteiger partial charge on any atom is 0.224 e. The first-order valence-corrected chi connectivity index (χ1v) is 7.53. The summed E-state index contributed by atoms with van der Waals surface area (Å²) in [5, 5.41) is 3.86. The molecule has 1 aliphatic heterocycles. The first-order valence-electron chi connectivity index (χ1n) is 7.53. The zero-order valence-corrected chi connectivity index (χ0v) is 12.7. The fourth-order valence-corrected chi connectivity index (χ4v) is 2.53. The van der Waals surface area contributed by atoms with Crippen LogP contribution < -0.4 is 0 Å². The van der Waals surface area contributed by atoms with Crippen molar-refractivity contribution in [2.45, 2.75) is 45.1 Å². The quantitative estimate of drug-likeness (QED) is 0.832. The molecule has 0 N–H and O–H groups in total. The molecule has 0 radical (unpaired) electrons. The van der Waals surface area contributed by atoms with Crippen LogP contribution in [0.3, 0.4) is 0 Å². The summed E-state index contributed by atoms with van der Waals surface area (Å²) in [7, 11) is 1.76. The van der Waals surface area contributed by atoms with Crippen LogP contribution in [0.25, 0.3) is 0 Å². The molecule has 0 bridgehead atoms. The number of amides is 2. The minimum Gasteiger partial charge on any atom is -0.364 e. The molecular formula is C15H23N3O3. The third-order valence-corrected chi connectivity index (χ3v) is 4.13. The first kappa shape index (κ1) is 15.5. The van der Waals surface area contributed by atoms with E-state index in [-0.39, 0.29) is 17.9 Å². The summed E-state index contributed by atoms with van der Waals surface area (Å²) in [5.74, 6) is 0.190. The highest BCUT2D eigenvalue weighted by atomic mass is 16.5. The molecule has 1 aliphatic rings. The fraction of sp³-hybridized carbons (Fsp3) is 0.667. The van der Waals surface area contributed by atoms with E-state index in [0.29, 0.717) is 19.4 Å². The molecule has 2 amide bonds. The molecule has 1 saturated heterocycles. The van der Waals surface area contributed by atoms with Crippen molar-refractivity contribution in [2.24, 2.45) is 0 Å². The standard InChI is InChI=1S/C15H23N3O3/c1-12(13-8-11-21-16-13)17(2)14(19)7-10-18-9-5-3-4-6-15(18)20/h8,11-12H,3-7,9-10H2,1-2H3/t12-/m1/s1. The maximum atomic E-state index is 12.2. The van der Waals surface area contributed by atoms with Crippen LogP contribution in [0.2, 0.25) is 0 Å². The number of hydrogen-bond acceptors (Lipinski definition) is 4. The van der Waals surface area contributed by atoms with Gasteiger partial charge in [0.05, 0.1) is 6.04 Å². The summed E-state index contributed by atoms with van der Waals surface area (Å²) in [4.78, 5) is 27.6. The topological polar surface area (TPSA) is 66.7 Å². The van der Waals surface area contributed by atoms with E-state index in [1.807, 2.05) is 11.8 Å². The van der Waals surface area contributed by atoms with E-state index in [2.05, 4.69) is 5.16 Å². The third kappa shape index (κ3) is 4.06. The molecule has 1 fully saturated rings. The summed E-state index contributed by atoms with van der Waals surface area (Å²) in [6.45, 7) is 3.19. The van der Waals surface area contributed by atoms with Crippen molar-refractivity contribution in [3.05, 3.63) is 18.0 Å². The molecule has 6 nitrogen and oxygen atoms in total. The number of carbonyl (C=O) groups is 2. The molecule has 6 heteroatoms. The van der Waals surface area contributed by atoms with Gasteiger partial charge in [0.25, 0.3) is 0 Å². The van der Waals surface area contributed by atoms with Crippen molar-refractivity contribution < 1.29 is 14.1 Å². The van der Waals surface area contributed by atoms with Crippen molar-refractivity contribution in [2.75, 3.05) is 20.1 Å². The molecule has 0 saturated carbocycles. The van der Waals surface area contributed by atoms with E-state index in [1.165, 1.54) is 6.26 Å². The van der Waals surface area contributed by atoms with E-state index in [0.717, 1.165) is 31.5 Å². The van der Waals surface area contributed by atoms with Gasteiger partial charge in [-0.3, -0.25) is 9.59 Å². The van der Waals surface area contributed by atoms with Crippen LogP contribution in [0.15, 0.2) is 16.9 Å². The van der Waals surface area contributed by atoms with E-state index in [1.54, 1.807) is 18.0 Å². The van der Waals surface area contributed by atoms with Crippen LogP contribution in [0.4, 0.5) is 0 Å². The number of hydrogen-bond donors (Lipinski definition) is 0. The Morgan fingerprint density at radius 2 is 2.29 bits per heavy atom. The summed E-state index contributed by atoms with van der Waals surface area (Å²) in [6, 6.07) is 1.63. The summed E-state index contributed by atoms with van der Waals surface area (Å²) < 4.78 is 4.81.